The smallest absolute Gasteiger partial charge is 0.303 e. The van der Waals surface area contributed by atoms with E-state index >= 15 is 0 Å². The van der Waals surface area contributed by atoms with E-state index in [2.05, 4.69) is 10.3 Å². The van der Waals surface area contributed by atoms with E-state index in [1.54, 1.807) is 24.3 Å². The number of carboxylic acids is 1. The van der Waals surface area contributed by atoms with E-state index in [1.807, 2.05) is 0 Å². The topological polar surface area (TPSA) is 92.8 Å². The fourth-order valence-electron chi connectivity index (χ4n) is 1.80. The highest BCUT2D eigenvalue weighted by Crippen LogP contribution is 2.26. The van der Waals surface area contributed by atoms with Crippen LogP contribution in [0.25, 0.3) is 11.3 Å². The van der Waals surface area contributed by atoms with Crippen LogP contribution in [0, 0.1) is 10.9 Å². The van der Waals surface area contributed by atoms with Gasteiger partial charge in [-0.2, -0.15) is 9.30 Å². The van der Waals surface area contributed by atoms with Gasteiger partial charge in [0.15, 0.2) is 5.76 Å². The van der Waals surface area contributed by atoms with E-state index in [4.69, 9.17) is 9.63 Å². The second-order valence-corrected chi connectivity index (χ2v) is 4.19. The van der Waals surface area contributed by atoms with E-state index in [0.717, 1.165) is 6.07 Å². The van der Waals surface area contributed by atoms with Crippen LogP contribution in [0.2, 0.25) is 0 Å². The minimum atomic E-state index is -0.979. The molecule has 0 fully saturated rings. The van der Waals surface area contributed by atoms with Crippen LogP contribution >= 0.6 is 0 Å². The molecule has 0 saturated heterocycles. The minimum Gasteiger partial charge on any atom is -0.481 e. The molecule has 104 valence electrons. The fraction of sp³-hybridized carbons (Fsp3) is 0.231. The quantitative estimate of drug-likeness (QED) is 0.819. The second-order valence-electron chi connectivity index (χ2n) is 4.19. The Labute approximate surface area is 113 Å². The van der Waals surface area contributed by atoms with Crippen molar-refractivity contribution in [3.05, 3.63) is 46.8 Å². The molecule has 0 aliphatic carbocycles. The molecule has 1 atom stereocenters. The summed E-state index contributed by atoms with van der Waals surface area (Å²) in [5.41, 5.74) is 1.21. The van der Waals surface area contributed by atoms with Gasteiger partial charge in [-0.15, -0.1) is 0 Å². The van der Waals surface area contributed by atoms with E-state index in [9.17, 15) is 14.1 Å². The summed E-state index contributed by atoms with van der Waals surface area (Å²) in [5.74, 6) is -1.42. The minimum absolute atomic E-state index is 0.133. The van der Waals surface area contributed by atoms with E-state index < -0.39 is 18.0 Å². The van der Waals surface area contributed by atoms with E-state index in [-0.39, 0.29) is 18.6 Å². The van der Waals surface area contributed by atoms with Crippen molar-refractivity contribution in [1.29, 1.82) is 0 Å². The second kappa shape index (κ2) is 6.05. The third-order valence-electron chi connectivity index (χ3n) is 2.82. The lowest BCUT2D eigenvalue weighted by Gasteiger charge is -2.08. The molecule has 0 amide bonds. The SMILES string of the molecule is O=NC(CCC(=O)O)c1ccc(-c2cc(F)no2)cc1. The zero-order valence-electron chi connectivity index (χ0n) is 10.3. The van der Waals surface area contributed by atoms with Gasteiger partial charge >= 0.3 is 5.97 Å². The first kappa shape index (κ1) is 13.9. The molecule has 0 spiro atoms. The molecule has 0 bridgehead atoms. The highest BCUT2D eigenvalue weighted by Gasteiger charge is 2.14. The van der Waals surface area contributed by atoms with Gasteiger partial charge in [-0.05, 0) is 17.1 Å². The van der Waals surface area contributed by atoms with Crippen molar-refractivity contribution in [1.82, 2.24) is 5.16 Å². The Balaban J connectivity index is 2.14. The van der Waals surface area contributed by atoms with Gasteiger partial charge in [0, 0.05) is 18.1 Å². The monoisotopic (exact) mass is 278 g/mol. The Morgan fingerprint density at radius 2 is 2.10 bits per heavy atom. The summed E-state index contributed by atoms with van der Waals surface area (Å²) in [6.07, 6.45) is 0.000584. The maximum Gasteiger partial charge on any atom is 0.303 e. The zero-order chi connectivity index (χ0) is 14.5. The number of nitroso groups, excluding NO2 is 1. The average molecular weight is 278 g/mol. The van der Waals surface area contributed by atoms with Crippen molar-refractivity contribution >= 4 is 5.97 Å². The molecule has 6 nitrogen and oxygen atoms in total. The first-order valence-electron chi connectivity index (χ1n) is 5.87. The van der Waals surface area contributed by atoms with Crippen molar-refractivity contribution in [2.45, 2.75) is 18.9 Å². The van der Waals surface area contributed by atoms with Crippen molar-refractivity contribution in [2.75, 3.05) is 0 Å². The van der Waals surface area contributed by atoms with Gasteiger partial charge < -0.3 is 9.63 Å². The number of benzene rings is 1. The first-order valence-corrected chi connectivity index (χ1v) is 5.87. The van der Waals surface area contributed by atoms with Gasteiger partial charge in [0.05, 0.1) is 0 Å². The Bertz CT molecular complexity index is 609. The van der Waals surface area contributed by atoms with Crippen LogP contribution in [0.3, 0.4) is 0 Å². The molecular weight excluding hydrogens is 267 g/mol. The van der Waals surface area contributed by atoms with Crippen molar-refractivity contribution < 1.29 is 18.8 Å². The molecule has 1 N–H and O–H groups in total. The Hall–Kier alpha value is -2.57. The zero-order valence-corrected chi connectivity index (χ0v) is 10.3. The number of hydrogen-bond donors (Lipinski definition) is 1. The maximum absolute atomic E-state index is 12.7. The number of aliphatic carboxylic acids is 1. The molecule has 1 aromatic carbocycles. The summed E-state index contributed by atoms with van der Waals surface area (Å²) >= 11 is 0. The number of aromatic nitrogens is 1. The summed E-state index contributed by atoms with van der Waals surface area (Å²) < 4.78 is 17.5. The van der Waals surface area contributed by atoms with Crippen LogP contribution in [0.1, 0.15) is 24.4 Å². The molecular formula is C13H11FN2O4. The average Bonchev–Trinajstić information content (AvgIpc) is 2.86. The van der Waals surface area contributed by atoms with Gasteiger partial charge in [0.1, 0.15) is 6.04 Å². The summed E-state index contributed by atoms with van der Waals surface area (Å²) in [7, 11) is 0. The van der Waals surface area contributed by atoms with Gasteiger partial charge in [-0.25, -0.2) is 0 Å². The molecule has 0 aliphatic heterocycles. The largest absolute Gasteiger partial charge is 0.481 e. The molecule has 0 saturated carbocycles. The summed E-state index contributed by atoms with van der Waals surface area (Å²) in [6, 6.07) is 6.96. The van der Waals surface area contributed by atoms with Crippen LogP contribution in [0.15, 0.2) is 40.0 Å². The normalized spacial score (nSPS) is 12.1. The molecule has 7 heteroatoms. The summed E-state index contributed by atoms with van der Waals surface area (Å²) in [5, 5.41) is 14.7. The van der Waals surface area contributed by atoms with E-state index in [0.29, 0.717) is 11.1 Å². The van der Waals surface area contributed by atoms with Crippen molar-refractivity contribution in [3.63, 3.8) is 0 Å². The molecule has 1 unspecified atom stereocenters. The number of hydrogen-bond acceptors (Lipinski definition) is 5. The molecule has 1 heterocycles. The third kappa shape index (κ3) is 3.25. The standard InChI is InChI=1S/C13H11FN2O4/c14-12-7-11(20-16-12)9-3-1-8(2-4-9)10(15-19)5-6-13(17)18/h1-4,7,10H,5-6H2,(H,17,18). The van der Waals surface area contributed by atoms with Crippen LogP contribution in [0.4, 0.5) is 4.39 Å². The Morgan fingerprint density at radius 3 is 2.60 bits per heavy atom. The summed E-state index contributed by atoms with van der Waals surface area (Å²) in [4.78, 5) is 21.2. The van der Waals surface area contributed by atoms with Gasteiger partial charge in [0.2, 0.25) is 0 Å². The van der Waals surface area contributed by atoms with Crippen LogP contribution < -0.4 is 0 Å². The molecule has 2 aromatic rings. The number of carbonyl (C=O) groups is 1. The molecule has 20 heavy (non-hydrogen) atoms. The highest BCUT2D eigenvalue weighted by molar-refractivity contribution is 5.66. The Kier molecular flexibility index (Phi) is 4.19. The summed E-state index contributed by atoms with van der Waals surface area (Å²) in [6.45, 7) is 0. The van der Waals surface area contributed by atoms with Gasteiger partial charge in [0.25, 0.3) is 5.95 Å². The molecule has 1 aromatic heterocycles. The first-order chi connectivity index (χ1) is 9.60. The predicted octanol–water partition coefficient (Wildman–Crippen LogP) is 3.15. The Morgan fingerprint density at radius 1 is 1.40 bits per heavy atom. The third-order valence-corrected chi connectivity index (χ3v) is 2.82. The lowest BCUT2D eigenvalue weighted by Crippen LogP contribution is -2.00. The maximum atomic E-state index is 12.7. The molecule has 0 radical (unpaired) electrons. The fourth-order valence-corrected chi connectivity index (χ4v) is 1.80. The highest BCUT2D eigenvalue weighted by atomic mass is 19.1. The predicted molar refractivity (Wildman–Crippen MR) is 67.3 cm³/mol. The van der Waals surface area contributed by atoms with Crippen LogP contribution in [-0.2, 0) is 4.79 Å². The molecule has 0 aliphatic rings. The van der Waals surface area contributed by atoms with Gasteiger partial charge in [-0.1, -0.05) is 29.4 Å². The van der Waals surface area contributed by atoms with Crippen molar-refractivity contribution in [2.24, 2.45) is 5.18 Å². The molecule has 2 rings (SSSR count). The number of carboxylic acid groups (broad SMARTS) is 1. The van der Waals surface area contributed by atoms with Crippen molar-refractivity contribution in [3.8, 4) is 11.3 Å². The van der Waals surface area contributed by atoms with Gasteiger partial charge in [-0.3, -0.25) is 4.79 Å². The lowest BCUT2D eigenvalue weighted by molar-refractivity contribution is -0.137. The van der Waals surface area contributed by atoms with E-state index in [1.165, 1.54) is 0 Å². The van der Waals surface area contributed by atoms with Crippen LogP contribution in [-0.4, -0.2) is 16.2 Å². The lowest BCUT2D eigenvalue weighted by atomic mass is 10.0. The number of rotatable bonds is 6. The number of halogens is 1. The number of nitrogens with zero attached hydrogens (tertiary/aromatic N) is 2. The van der Waals surface area contributed by atoms with Crippen LogP contribution in [0.5, 0.6) is 0 Å².